The fraction of sp³-hybridized carbons (Fsp3) is 0.333. The van der Waals surface area contributed by atoms with Crippen LogP contribution in [-0.2, 0) is 9.53 Å². The van der Waals surface area contributed by atoms with Gasteiger partial charge >= 0.3 is 5.97 Å². The molecule has 1 aromatic heterocycles. The van der Waals surface area contributed by atoms with Crippen LogP contribution < -0.4 is 0 Å². The molecule has 0 aliphatic heterocycles. The summed E-state index contributed by atoms with van der Waals surface area (Å²) >= 11 is 0. The minimum atomic E-state index is -0.303. The second-order valence-electron chi connectivity index (χ2n) is 4.58. The van der Waals surface area contributed by atoms with E-state index >= 15 is 0 Å². The van der Waals surface area contributed by atoms with Gasteiger partial charge in [-0.3, -0.25) is 4.79 Å². The molecule has 0 aliphatic carbocycles. The van der Waals surface area contributed by atoms with E-state index in [1.165, 1.54) is 7.11 Å². The van der Waals surface area contributed by atoms with E-state index in [2.05, 4.69) is 5.10 Å². The van der Waals surface area contributed by atoms with Crippen molar-refractivity contribution in [3.05, 3.63) is 47.3 Å². The molecule has 0 amide bonds. The van der Waals surface area contributed by atoms with Crippen molar-refractivity contribution in [2.45, 2.75) is 26.7 Å². The number of methoxy groups -OCH3 is 1. The normalized spacial score (nSPS) is 12.2. The van der Waals surface area contributed by atoms with E-state index in [0.717, 1.165) is 22.6 Å². The summed E-state index contributed by atoms with van der Waals surface area (Å²) in [4.78, 5) is 11.7. The van der Waals surface area contributed by atoms with Crippen LogP contribution in [0.3, 0.4) is 0 Å². The van der Waals surface area contributed by atoms with Gasteiger partial charge in [-0.1, -0.05) is 18.2 Å². The molecule has 0 aliphatic rings. The molecule has 2 aromatic rings. The molecule has 0 N–H and O–H groups in total. The highest BCUT2D eigenvalue weighted by Crippen LogP contribution is 2.26. The first kappa shape index (κ1) is 13.3. The van der Waals surface area contributed by atoms with Crippen LogP contribution in [0.1, 0.15) is 29.8 Å². The molecule has 2 rings (SSSR count). The fourth-order valence-electron chi connectivity index (χ4n) is 2.40. The number of carbonyl (C=O) groups excluding carboxylic acids is 1. The molecular weight excluding hydrogens is 240 g/mol. The van der Waals surface area contributed by atoms with Gasteiger partial charge in [-0.2, -0.15) is 5.10 Å². The Bertz CT molecular complexity index is 588. The van der Waals surface area contributed by atoms with E-state index in [-0.39, 0.29) is 11.9 Å². The van der Waals surface area contributed by atoms with Crippen LogP contribution >= 0.6 is 0 Å². The van der Waals surface area contributed by atoms with Gasteiger partial charge in [0.1, 0.15) is 0 Å². The molecule has 0 radical (unpaired) electrons. The molecule has 0 saturated carbocycles. The van der Waals surface area contributed by atoms with Gasteiger partial charge in [0.05, 0.1) is 24.4 Å². The third kappa shape index (κ3) is 2.38. The number of esters is 1. The van der Waals surface area contributed by atoms with Crippen LogP contribution in [0.5, 0.6) is 0 Å². The maximum absolute atomic E-state index is 11.7. The van der Waals surface area contributed by atoms with Gasteiger partial charge in [-0.25, -0.2) is 4.68 Å². The molecule has 4 heteroatoms. The zero-order chi connectivity index (χ0) is 14.0. The number of ether oxygens (including phenoxy) is 1. The minimum absolute atomic E-state index is 0.237. The van der Waals surface area contributed by atoms with Crippen molar-refractivity contribution in [2.75, 3.05) is 7.11 Å². The number of aryl methyl sites for hydroxylation is 1. The molecule has 4 nitrogen and oxygen atoms in total. The van der Waals surface area contributed by atoms with Gasteiger partial charge in [-0.15, -0.1) is 0 Å². The second kappa shape index (κ2) is 5.26. The van der Waals surface area contributed by atoms with E-state index < -0.39 is 0 Å². The molecule has 1 aromatic carbocycles. The molecular formula is C15H18N2O2. The zero-order valence-corrected chi connectivity index (χ0v) is 11.7. The first-order valence-corrected chi connectivity index (χ1v) is 6.25. The standard InChI is InChI=1S/C15H18N2O2/c1-10(15(18)19-4)14-11(2)16-17(12(14)3)13-8-6-5-7-9-13/h5-10H,1-4H3. The van der Waals surface area contributed by atoms with Gasteiger partial charge in [-0.05, 0) is 32.9 Å². The average molecular weight is 258 g/mol. The number of aromatic nitrogens is 2. The molecule has 0 saturated heterocycles. The number of hydrogen-bond acceptors (Lipinski definition) is 3. The summed E-state index contributed by atoms with van der Waals surface area (Å²) in [6, 6.07) is 9.88. The molecule has 1 heterocycles. The van der Waals surface area contributed by atoms with Crippen molar-refractivity contribution >= 4 is 5.97 Å². The zero-order valence-electron chi connectivity index (χ0n) is 11.7. The van der Waals surface area contributed by atoms with Gasteiger partial charge in [0.15, 0.2) is 0 Å². The molecule has 0 spiro atoms. The Morgan fingerprint density at radius 2 is 1.89 bits per heavy atom. The molecule has 100 valence electrons. The lowest BCUT2D eigenvalue weighted by atomic mass is 9.99. The Hall–Kier alpha value is -2.10. The Kier molecular flexibility index (Phi) is 3.69. The van der Waals surface area contributed by atoms with Gasteiger partial charge < -0.3 is 4.74 Å². The predicted octanol–water partition coefficient (Wildman–Crippen LogP) is 2.77. The van der Waals surface area contributed by atoms with E-state index in [1.807, 2.05) is 55.8 Å². The molecule has 1 atom stereocenters. The van der Waals surface area contributed by atoms with Crippen molar-refractivity contribution in [3.63, 3.8) is 0 Å². The van der Waals surface area contributed by atoms with Gasteiger partial charge in [0.25, 0.3) is 0 Å². The van der Waals surface area contributed by atoms with Gasteiger partial charge in [0.2, 0.25) is 0 Å². The molecule has 0 bridgehead atoms. The first-order valence-electron chi connectivity index (χ1n) is 6.25. The predicted molar refractivity (Wildman–Crippen MR) is 73.5 cm³/mol. The largest absolute Gasteiger partial charge is 0.469 e. The molecule has 1 unspecified atom stereocenters. The third-order valence-electron chi connectivity index (χ3n) is 3.34. The monoisotopic (exact) mass is 258 g/mol. The van der Waals surface area contributed by atoms with E-state index in [4.69, 9.17) is 4.74 Å². The summed E-state index contributed by atoms with van der Waals surface area (Å²) in [6.45, 7) is 5.74. The lowest BCUT2D eigenvalue weighted by Crippen LogP contribution is -2.12. The summed E-state index contributed by atoms with van der Waals surface area (Å²) in [7, 11) is 1.41. The van der Waals surface area contributed by atoms with Crippen LogP contribution in [0.25, 0.3) is 5.69 Å². The Morgan fingerprint density at radius 1 is 1.26 bits per heavy atom. The van der Waals surface area contributed by atoms with Crippen LogP contribution in [0.2, 0.25) is 0 Å². The molecule has 19 heavy (non-hydrogen) atoms. The number of para-hydroxylation sites is 1. The minimum Gasteiger partial charge on any atom is -0.469 e. The summed E-state index contributed by atoms with van der Waals surface area (Å²) in [5.41, 5.74) is 3.77. The van der Waals surface area contributed by atoms with Crippen molar-refractivity contribution in [1.29, 1.82) is 0 Å². The van der Waals surface area contributed by atoms with Crippen molar-refractivity contribution in [2.24, 2.45) is 0 Å². The summed E-state index contributed by atoms with van der Waals surface area (Å²) in [5.74, 6) is -0.540. The van der Waals surface area contributed by atoms with Crippen LogP contribution in [0.4, 0.5) is 0 Å². The van der Waals surface area contributed by atoms with Crippen LogP contribution in [-0.4, -0.2) is 22.9 Å². The Balaban J connectivity index is 2.49. The first-order chi connectivity index (χ1) is 9.06. The highest BCUT2D eigenvalue weighted by molar-refractivity contribution is 5.78. The van der Waals surface area contributed by atoms with Crippen LogP contribution in [0.15, 0.2) is 30.3 Å². The number of hydrogen-bond donors (Lipinski definition) is 0. The lowest BCUT2D eigenvalue weighted by molar-refractivity contribution is -0.142. The highest BCUT2D eigenvalue weighted by Gasteiger charge is 2.24. The average Bonchev–Trinajstić information content (AvgIpc) is 2.73. The Morgan fingerprint density at radius 3 is 2.47 bits per heavy atom. The number of nitrogens with zero attached hydrogens (tertiary/aromatic N) is 2. The number of carbonyl (C=O) groups is 1. The topological polar surface area (TPSA) is 44.1 Å². The maximum Gasteiger partial charge on any atom is 0.312 e. The van der Waals surface area contributed by atoms with Crippen molar-refractivity contribution in [3.8, 4) is 5.69 Å². The number of benzene rings is 1. The van der Waals surface area contributed by atoms with E-state index in [9.17, 15) is 4.79 Å². The van der Waals surface area contributed by atoms with E-state index in [0.29, 0.717) is 0 Å². The highest BCUT2D eigenvalue weighted by atomic mass is 16.5. The lowest BCUT2D eigenvalue weighted by Gasteiger charge is -2.10. The quantitative estimate of drug-likeness (QED) is 0.795. The van der Waals surface area contributed by atoms with Crippen LogP contribution in [0, 0.1) is 13.8 Å². The Labute approximate surface area is 113 Å². The number of rotatable bonds is 3. The summed E-state index contributed by atoms with van der Waals surface area (Å²) < 4.78 is 6.68. The summed E-state index contributed by atoms with van der Waals surface area (Å²) in [5, 5.41) is 4.53. The molecule has 0 fully saturated rings. The smallest absolute Gasteiger partial charge is 0.312 e. The SMILES string of the molecule is COC(=O)C(C)c1c(C)nn(-c2ccccc2)c1C. The second-order valence-corrected chi connectivity index (χ2v) is 4.58. The van der Waals surface area contributed by atoms with Crippen molar-refractivity contribution < 1.29 is 9.53 Å². The van der Waals surface area contributed by atoms with E-state index in [1.54, 1.807) is 0 Å². The van der Waals surface area contributed by atoms with Gasteiger partial charge in [0, 0.05) is 11.3 Å². The third-order valence-corrected chi connectivity index (χ3v) is 3.34. The van der Waals surface area contributed by atoms with Crippen molar-refractivity contribution in [1.82, 2.24) is 9.78 Å². The fourth-order valence-corrected chi connectivity index (χ4v) is 2.40. The maximum atomic E-state index is 11.7. The summed E-state index contributed by atoms with van der Waals surface area (Å²) in [6.07, 6.45) is 0.